The van der Waals surface area contributed by atoms with Gasteiger partial charge in [-0.2, -0.15) is 0 Å². The van der Waals surface area contributed by atoms with Crippen molar-refractivity contribution >= 4 is 17.0 Å². The molecule has 88 valence electrons. The van der Waals surface area contributed by atoms with E-state index in [0.717, 1.165) is 4.57 Å². The zero-order valence-corrected chi connectivity index (χ0v) is 9.08. The lowest BCUT2D eigenvalue weighted by molar-refractivity contribution is -0.137. The van der Waals surface area contributed by atoms with E-state index in [0.29, 0.717) is 11.0 Å². The van der Waals surface area contributed by atoms with Gasteiger partial charge in [-0.1, -0.05) is 12.1 Å². The summed E-state index contributed by atoms with van der Waals surface area (Å²) in [4.78, 5) is 26.6. The summed E-state index contributed by atoms with van der Waals surface area (Å²) < 4.78 is 5.97. The summed E-state index contributed by atoms with van der Waals surface area (Å²) in [6, 6.07) is 6.81. The largest absolute Gasteiger partial charge is 0.480 e. The Bertz CT molecular complexity index is 633. The van der Waals surface area contributed by atoms with Gasteiger partial charge in [-0.15, -0.1) is 0 Å². The number of carboxylic acid groups (broad SMARTS) is 1. The van der Waals surface area contributed by atoms with Gasteiger partial charge in [-0.3, -0.25) is 14.2 Å². The van der Waals surface area contributed by atoms with E-state index in [1.54, 1.807) is 24.3 Å². The molecular formula is C11H10N2O4. The maximum atomic E-state index is 11.9. The number of hydrogen-bond donors (Lipinski definition) is 1. The highest BCUT2D eigenvalue weighted by molar-refractivity contribution is 5.77. The lowest BCUT2D eigenvalue weighted by atomic mass is 10.3. The van der Waals surface area contributed by atoms with Crippen molar-refractivity contribution in [1.29, 1.82) is 0 Å². The minimum atomic E-state index is -1.09. The van der Waals surface area contributed by atoms with Gasteiger partial charge in [0.05, 0.1) is 18.1 Å². The van der Waals surface area contributed by atoms with Gasteiger partial charge in [0.2, 0.25) is 0 Å². The maximum absolute atomic E-state index is 11.9. The van der Waals surface area contributed by atoms with Crippen molar-refractivity contribution in [3.05, 3.63) is 34.6 Å². The molecule has 0 amide bonds. The molecule has 0 saturated carbocycles. The van der Waals surface area contributed by atoms with Gasteiger partial charge in [0.1, 0.15) is 6.54 Å². The Morgan fingerprint density at radius 3 is 2.82 bits per heavy atom. The smallest absolute Gasteiger partial charge is 0.323 e. The van der Waals surface area contributed by atoms with E-state index in [1.807, 2.05) is 0 Å². The van der Waals surface area contributed by atoms with Crippen LogP contribution in [0.5, 0.6) is 5.88 Å². The van der Waals surface area contributed by atoms with Crippen LogP contribution in [0.3, 0.4) is 0 Å². The van der Waals surface area contributed by atoms with E-state index in [-0.39, 0.29) is 5.88 Å². The molecule has 0 radical (unpaired) electrons. The Kier molecular flexibility index (Phi) is 2.78. The number of aliphatic carboxylic acids is 1. The number of rotatable bonds is 3. The molecule has 1 aromatic heterocycles. The van der Waals surface area contributed by atoms with Crippen LogP contribution in [0, 0.1) is 0 Å². The summed E-state index contributed by atoms with van der Waals surface area (Å²) in [5.74, 6) is -1.20. The summed E-state index contributed by atoms with van der Waals surface area (Å²) >= 11 is 0. The fraction of sp³-hybridized carbons (Fsp3) is 0.182. The second-order valence-electron chi connectivity index (χ2n) is 3.39. The van der Waals surface area contributed by atoms with Gasteiger partial charge >= 0.3 is 11.5 Å². The Labute approximate surface area is 96.1 Å². The molecule has 6 heteroatoms. The van der Waals surface area contributed by atoms with Crippen molar-refractivity contribution < 1.29 is 14.6 Å². The van der Waals surface area contributed by atoms with E-state index in [9.17, 15) is 9.59 Å². The summed E-state index contributed by atoms with van der Waals surface area (Å²) in [7, 11) is 1.32. The summed E-state index contributed by atoms with van der Waals surface area (Å²) in [6.07, 6.45) is 0. The Morgan fingerprint density at radius 2 is 2.18 bits per heavy atom. The predicted octanol–water partition coefficient (Wildman–Crippen LogP) is 0.490. The van der Waals surface area contributed by atoms with Gasteiger partial charge in [-0.05, 0) is 12.1 Å². The van der Waals surface area contributed by atoms with E-state index in [4.69, 9.17) is 9.84 Å². The highest BCUT2D eigenvalue weighted by Gasteiger charge is 2.12. The average molecular weight is 234 g/mol. The first kappa shape index (κ1) is 11.1. The number of methoxy groups -OCH3 is 1. The van der Waals surface area contributed by atoms with Crippen molar-refractivity contribution in [1.82, 2.24) is 9.55 Å². The molecule has 2 aromatic rings. The number of hydrogen-bond acceptors (Lipinski definition) is 4. The van der Waals surface area contributed by atoms with Gasteiger partial charge < -0.3 is 9.84 Å². The first-order valence-corrected chi connectivity index (χ1v) is 4.89. The van der Waals surface area contributed by atoms with Gasteiger partial charge in [0.25, 0.3) is 5.88 Å². The van der Waals surface area contributed by atoms with Crippen LogP contribution in [0.2, 0.25) is 0 Å². The molecular weight excluding hydrogens is 224 g/mol. The van der Waals surface area contributed by atoms with Crippen LogP contribution in [-0.4, -0.2) is 27.7 Å². The van der Waals surface area contributed by atoms with Crippen LogP contribution in [0.4, 0.5) is 0 Å². The van der Waals surface area contributed by atoms with E-state index in [2.05, 4.69) is 4.98 Å². The highest BCUT2D eigenvalue weighted by atomic mass is 16.5. The quantitative estimate of drug-likeness (QED) is 0.835. The molecule has 0 fully saturated rings. The molecule has 0 atom stereocenters. The number of carboxylic acids is 1. The van der Waals surface area contributed by atoms with Crippen LogP contribution in [-0.2, 0) is 11.3 Å². The lowest BCUT2D eigenvalue weighted by Gasteiger charge is -2.08. The Hall–Kier alpha value is -2.37. The molecule has 0 aliphatic rings. The summed E-state index contributed by atoms with van der Waals surface area (Å²) in [6.45, 7) is -0.418. The third-order valence-corrected chi connectivity index (χ3v) is 2.31. The lowest BCUT2D eigenvalue weighted by Crippen LogP contribution is -2.26. The predicted molar refractivity (Wildman–Crippen MR) is 60.2 cm³/mol. The fourth-order valence-electron chi connectivity index (χ4n) is 1.59. The van der Waals surface area contributed by atoms with Crippen molar-refractivity contribution in [2.45, 2.75) is 6.54 Å². The molecule has 6 nitrogen and oxygen atoms in total. The number of carbonyl (C=O) groups is 1. The first-order chi connectivity index (χ1) is 8.13. The SMILES string of the molecule is COc1nc2ccccc2n(CC(=O)O)c1=O. The Balaban J connectivity index is 2.80. The van der Waals surface area contributed by atoms with Gasteiger partial charge in [0, 0.05) is 0 Å². The minimum Gasteiger partial charge on any atom is -0.480 e. The van der Waals surface area contributed by atoms with Crippen LogP contribution in [0.15, 0.2) is 29.1 Å². The number of ether oxygens (including phenoxy) is 1. The van der Waals surface area contributed by atoms with E-state index in [1.165, 1.54) is 7.11 Å². The van der Waals surface area contributed by atoms with Gasteiger partial charge in [-0.25, -0.2) is 4.98 Å². The van der Waals surface area contributed by atoms with Gasteiger partial charge in [0.15, 0.2) is 0 Å². The molecule has 1 aromatic carbocycles. The molecule has 0 bridgehead atoms. The zero-order valence-electron chi connectivity index (χ0n) is 9.08. The Morgan fingerprint density at radius 1 is 1.47 bits per heavy atom. The van der Waals surface area contributed by atoms with Crippen LogP contribution >= 0.6 is 0 Å². The fourth-order valence-corrected chi connectivity index (χ4v) is 1.59. The number of fused-ring (bicyclic) bond motifs is 1. The van der Waals surface area contributed by atoms with Crippen molar-refractivity contribution in [2.24, 2.45) is 0 Å². The minimum absolute atomic E-state index is 0.107. The second-order valence-corrected chi connectivity index (χ2v) is 3.39. The monoisotopic (exact) mass is 234 g/mol. The normalized spacial score (nSPS) is 10.4. The third-order valence-electron chi connectivity index (χ3n) is 2.31. The molecule has 17 heavy (non-hydrogen) atoms. The number of nitrogens with zero attached hydrogens (tertiary/aromatic N) is 2. The number of aromatic nitrogens is 2. The third kappa shape index (κ3) is 1.96. The molecule has 1 N–H and O–H groups in total. The summed E-state index contributed by atoms with van der Waals surface area (Å²) in [5, 5.41) is 8.79. The molecule has 0 spiro atoms. The van der Waals surface area contributed by atoms with Crippen molar-refractivity contribution in [3.8, 4) is 5.88 Å². The van der Waals surface area contributed by atoms with Crippen molar-refractivity contribution in [3.63, 3.8) is 0 Å². The number of para-hydroxylation sites is 2. The molecule has 0 aliphatic carbocycles. The molecule has 0 saturated heterocycles. The molecule has 0 unspecified atom stereocenters. The zero-order chi connectivity index (χ0) is 12.4. The maximum Gasteiger partial charge on any atom is 0.323 e. The first-order valence-electron chi connectivity index (χ1n) is 4.89. The molecule has 1 heterocycles. The highest BCUT2D eigenvalue weighted by Crippen LogP contribution is 2.12. The topological polar surface area (TPSA) is 81.4 Å². The van der Waals surface area contributed by atoms with E-state index < -0.39 is 18.1 Å². The standard InChI is InChI=1S/C11H10N2O4/c1-17-10-11(16)13(6-9(14)15)8-5-3-2-4-7(8)12-10/h2-5H,6H2,1H3,(H,14,15). The van der Waals surface area contributed by atoms with Crippen LogP contribution < -0.4 is 10.3 Å². The summed E-state index contributed by atoms with van der Waals surface area (Å²) in [5.41, 5.74) is 0.444. The average Bonchev–Trinajstić information content (AvgIpc) is 2.32. The molecule has 2 rings (SSSR count). The second kappa shape index (κ2) is 4.25. The number of benzene rings is 1. The van der Waals surface area contributed by atoms with Crippen LogP contribution in [0.25, 0.3) is 11.0 Å². The molecule has 0 aliphatic heterocycles. The van der Waals surface area contributed by atoms with Crippen molar-refractivity contribution in [2.75, 3.05) is 7.11 Å². The van der Waals surface area contributed by atoms with E-state index >= 15 is 0 Å². The van der Waals surface area contributed by atoms with Crippen LogP contribution in [0.1, 0.15) is 0 Å².